The Balaban J connectivity index is 1.67. The van der Waals surface area contributed by atoms with Gasteiger partial charge in [0.2, 0.25) is 5.91 Å². The molecule has 1 amide bonds. The molecule has 0 saturated heterocycles. The van der Waals surface area contributed by atoms with Crippen molar-refractivity contribution in [3.05, 3.63) is 88.9 Å². The molecular weight excluding hydrogens is 440 g/mol. The topological polar surface area (TPSA) is 66.5 Å². The Hall–Kier alpha value is -2.64. The quantitative estimate of drug-likeness (QED) is 0.592. The van der Waals surface area contributed by atoms with Crippen LogP contribution in [-0.2, 0) is 21.2 Å². The Bertz CT molecular complexity index is 1050. The molecule has 3 aromatic rings. The van der Waals surface area contributed by atoms with Crippen LogP contribution in [0.25, 0.3) is 0 Å². The number of nitrogens with one attached hydrogen (secondary N) is 1. The Morgan fingerprint density at radius 2 is 1.54 bits per heavy atom. The molecule has 0 aliphatic heterocycles. The SMILES string of the molecule is CN(c1ccc(CC(=O)Nc2ccc(Br)cc2)cc1)S(=O)(=O)c1ccccc1. The number of benzene rings is 3. The molecule has 0 saturated carbocycles. The van der Waals surface area contributed by atoms with E-state index in [1.165, 1.54) is 11.4 Å². The number of hydrogen-bond acceptors (Lipinski definition) is 3. The van der Waals surface area contributed by atoms with E-state index >= 15 is 0 Å². The standard InChI is InChI=1S/C21H19BrN2O3S/c1-24(28(26,27)20-5-3-2-4-6-20)19-13-7-16(8-14-19)15-21(25)23-18-11-9-17(22)10-12-18/h2-14H,15H2,1H3,(H,23,25). The van der Waals surface area contributed by atoms with Gasteiger partial charge in [-0.25, -0.2) is 8.42 Å². The molecule has 0 aliphatic carbocycles. The number of sulfonamides is 1. The Morgan fingerprint density at radius 1 is 0.929 bits per heavy atom. The molecule has 0 unspecified atom stereocenters. The summed E-state index contributed by atoms with van der Waals surface area (Å²) in [6.07, 6.45) is 0.200. The van der Waals surface area contributed by atoms with Gasteiger partial charge < -0.3 is 5.32 Å². The van der Waals surface area contributed by atoms with Crippen LogP contribution in [0, 0.1) is 0 Å². The maximum atomic E-state index is 12.7. The smallest absolute Gasteiger partial charge is 0.264 e. The van der Waals surface area contributed by atoms with Crippen LogP contribution in [0.2, 0.25) is 0 Å². The van der Waals surface area contributed by atoms with Gasteiger partial charge in [-0.05, 0) is 54.1 Å². The van der Waals surface area contributed by atoms with Gasteiger partial charge in [0.15, 0.2) is 0 Å². The second kappa shape index (κ2) is 8.58. The van der Waals surface area contributed by atoms with Crippen molar-refractivity contribution < 1.29 is 13.2 Å². The average Bonchev–Trinajstić information content (AvgIpc) is 2.70. The van der Waals surface area contributed by atoms with Crippen LogP contribution in [0.5, 0.6) is 0 Å². The molecule has 0 atom stereocenters. The number of carbonyl (C=O) groups excluding carboxylic acids is 1. The van der Waals surface area contributed by atoms with Crippen molar-refractivity contribution >= 4 is 43.2 Å². The van der Waals surface area contributed by atoms with E-state index in [0.717, 1.165) is 15.7 Å². The van der Waals surface area contributed by atoms with Gasteiger partial charge in [-0.3, -0.25) is 9.10 Å². The number of anilines is 2. The zero-order valence-corrected chi connectivity index (χ0v) is 17.6. The highest BCUT2D eigenvalue weighted by Crippen LogP contribution is 2.22. The van der Waals surface area contributed by atoms with Crippen LogP contribution in [0.15, 0.2) is 88.2 Å². The fourth-order valence-electron chi connectivity index (χ4n) is 2.64. The first kappa shape index (κ1) is 20.1. The van der Waals surface area contributed by atoms with Gasteiger partial charge in [0.25, 0.3) is 10.0 Å². The molecule has 0 aromatic heterocycles. The highest BCUT2D eigenvalue weighted by atomic mass is 79.9. The maximum absolute atomic E-state index is 12.7. The first-order valence-corrected chi connectivity index (χ1v) is 10.8. The summed E-state index contributed by atoms with van der Waals surface area (Å²) in [5, 5.41) is 2.83. The van der Waals surface area contributed by atoms with Crippen LogP contribution in [0.1, 0.15) is 5.56 Å². The Kier molecular flexibility index (Phi) is 6.16. The van der Waals surface area contributed by atoms with Crippen molar-refractivity contribution in [3.8, 4) is 0 Å². The lowest BCUT2D eigenvalue weighted by Gasteiger charge is -2.19. The number of amides is 1. The van der Waals surface area contributed by atoms with Gasteiger partial charge in [0.1, 0.15) is 0 Å². The van der Waals surface area contributed by atoms with Crippen molar-refractivity contribution in [3.63, 3.8) is 0 Å². The van der Waals surface area contributed by atoms with E-state index in [-0.39, 0.29) is 17.2 Å². The Morgan fingerprint density at radius 3 is 2.14 bits per heavy atom. The molecule has 0 radical (unpaired) electrons. The highest BCUT2D eigenvalue weighted by Gasteiger charge is 2.20. The zero-order chi connectivity index (χ0) is 20.1. The summed E-state index contributed by atoms with van der Waals surface area (Å²) >= 11 is 3.35. The van der Waals surface area contributed by atoms with Gasteiger partial charge in [-0.15, -0.1) is 0 Å². The molecule has 7 heteroatoms. The van der Waals surface area contributed by atoms with E-state index in [1.54, 1.807) is 54.6 Å². The first-order chi connectivity index (χ1) is 13.4. The van der Waals surface area contributed by atoms with Gasteiger partial charge in [0, 0.05) is 17.2 Å². The second-order valence-electron chi connectivity index (χ2n) is 6.18. The average molecular weight is 459 g/mol. The monoisotopic (exact) mass is 458 g/mol. The summed E-state index contributed by atoms with van der Waals surface area (Å²) in [6, 6.07) is 22.5. The summed E-state index contributed by atoms with van der Waals surface area (Å²) in [4.78, 5) is 12.4. The van der Waals surface area contributed by atoms with Gasteiger partial charge in [-0.2, -0.15) is 0 Å². The van der Waals surface area contributed by atoms with Crippen LogP contribution >= 0.6 is 15.9 Å². The van der Waals surface area contributed by atoms with E-state index in [1.807, 2.05) is 24.3 Å². The molecule has 28 heavy (non-hydrogen) atoms. The fraction of sp³-hybridized carbons (Fsp3) is 0.0952. The predicted molar refractivity (Wildman–Crippen MR) is 115 cm³/mol. The number of carbonyl (C=O) groups is 1. The largest absolute Gasteiger partial charge is 0.326 e. The number of halogens is 1. The lowest BCUT2D eigenvalue weighted by Crippen LogP contribution is -2.26. The highest BCUT2D eigenvalue weighted by molar-refractivity contribution is 9.10. The summed E-state index contributed by atoms with van der Waals surface area (Å²) in [5.74, 6) is -0.139. The van der Waals surface area contributed by atoms with E-state index in [4.69, 9.17) is 0 Å². The van der Waals surface area contributed by atoms with Gasteiger partial charge in [0.05, 0.1) is 17.0 Å². The molecule has 0 spiro atoms. The van der Waals surface area contributed by atoms with Crippen LogP contribution < -0.4 is 9.62 Å². The van der Waals surface area contributed by atoms with Crippen molar-refractivity contribution in [1.82, 2.24) is 0 Å². The molecule has 3 aromatic carbocycles. The van der Waals surface area contributed by atoms with E-state index < -0.39 is 10.0 Å². The molecule has 0 heterocycles. The maximum Gasteiger partial charge on any atom is 0.264 e. The molecule has 1 N–H and O–H groups in total. The Labute approximate surface area is 173 Å². The minimum absolute atomic E-state index is 0.139. The first-order valence-electron chi connectivity index (χ1n) is 8.54. The third-order valence-corrected chi connectivity index (χ3v) is 6.52. The number of rotatable bonds is 6. The minimum atomic E-state index is -3.62. The summed E-state index contributed by atoms with van der Waals surface area (Å²) in [5.41, 5.74) is 2.04. The third kappa shape index (κ3) is 4.79. The lowest BCUT2D eigenvalue weighted by atomic mass is 10.1. The second-order valence-corrected chi connectivity index (χ2v) is 9.07. The van der Waals surface area contributed by atoms with Crippen molar-refractivity contribution in [2.24, 2.45) is 0 Å². The van der Waals surface area contributed by atoms with Gasteiger partial charge >= 0.3 is 0 Å². The number of nitrogens with zero attached hydrogens (tertiary/aromatic N) is 1. The normalized spacial score (nSPS) is 11.1. The minimum Gasteiger partial charge on any atom is -0.326 e. The van der Waals surface area contributed by atoms with Crippen molar-refractivity contribution in [2.75, 3.05) is 16.7 Å². The van der Waals surface area contributed by atoms with Crippen LogP contribution in [0.4, 0.5) is 11.4 Å². The van der Waals surface area contributed by atoms with Crippen LogP contribution in [-0.4, -0.2) is 21.4 Å². The summed E-state index contributed by atoms with van der Waals surface area (Å²) in [6.45, 7) is 0. The molecule has 0 aliphatic rings. The molecule has 0 fully saturated rings. The third-order valence-electron chi connectivity index (χ3n) is 4.19. The lowest BCUT2D eigenvalue weighted by molar-refractivity contribution is -0.115. The molecule has 5 nitrogen and oxygen atoms in total. The number of hydrogen-bond donors (Lipinski definition) is 1. The van der Waals surface area contributed by atoms with Crippen LogP contribution in [0.3, 0.4) is 0 Å². The van der Waals surface area contributed by atoms with E-state index in [9.17, 15) is 13.2 Å². The predicted octanol–water partition coefficient (Wildman–Crippen LogP) is 4.46. The molecule has 0 bridgehead atoms. The van der Waals surface area contributed by atoms with E-state index in [0.29, 0.717) is 5.69 Å². The zero-order valence-electron chi connectivity index (χ0n) is 15.2. The summed E-state index contributed by atoms with van der Waals surface area (Å²) < 4.78 is 27.5. The summed E-state index contributed by atoms with van der Waals surface area (Å²) in [7, 11) is -2.11. The molecular formula is C21H19BrN2O3S. The molecule has 3 rings (SSSR count). The fourth-order valence-corrected chi connectivity index (χ4v) is 4.12. The van der Waals surface area contributed by atoms with Crippen molar-refractivity contribution in [2.45, 2.75) is 11.3 Å². The van der Waals surface area contributed by atoms with Gasteiger partial charge in [-0.1, -0.05) is 46.3 Å². The molecule has 144 valence electrons. The van der Waals surface area contributed by atoms with Crippen molar-refractivity contribution in [1.29, 1.82) is 0 Å². The van der Waals surface area contributed by atoms with E-state index in [2.05, 4.69) is 21.2 Å².